The lowest BCUT2D eigenvalue weighted by molar-refractivity contribution is -0.117. The summed E-state index contributed by atoms with van der Waals surface area (Å²) in [6.45, 7) is 5.89. The van der Waals surface area contributed by atoms with Crippen LogP contribution >= 0.6 is 0 Å². The van der Waals surface area contributed by atoms with Crippen LogP contribution in [0.2, 0.25) is 0 Å². The van der Waals surface area contributed by atoms with E-state index < -0.39 is 0 Å². The highest BCUT2D eigenvalue weighted by molar-refractivity contribution is 5.98. The fourth-order valence-electron chi connectivity index (χ4n) is 3.73. The molecule has 20 heavy (non-hydrogen) atoms. The Balaban J connectivity index is 2.04. The zero-order valence-electron chi connectivity index (χ0n) is 12.3. The van der Waals surface area contributed by atoms with Crippen LogP contribution in [-0.4, -0.2) is 22.2 Å². The molecule has 1 fully saturated rings. The van der Waals surface area contributed by atoms with E-state index in [0.29, 0.717) is 12.8 Å². The monoisotopic (exact) mass is 275 g/mol. The van der Waals surface area contributed by atoms with Gasteiger partial charge in [0, 0.05) is 23.8 Å². The number of allylic oxidation sites excluding steroid dienone is 1. The van der Waals surface area contributed by atoms with Crippen molar-refractivity contribution in [1.29, 1.82) is 0 Å². The standard InChI is InChI=1S/C16H21NO3/c1-9-11(10(2)20-17-9)8-12-13-4-5-15(19)16(13,3)7-6-14(12)18/h15,19H,4-8H2,1-3H3/t15-,16-/m0/s1. The number of hydrogen-bond acceptors (Lipinski definition) is 4. The number of ketones is 1. The highest BCUT2D eigenvalue weighted by Crippen LogP contribution is 2.51. The highest BCUT2D eigenvalue weighted by atomic mass is 16.5. The van der Waals surface area contributed by atoms with Crippen LogP contribution in [0.5, 0.6) is 0 Å². The SMILES string of the molecule is Cc1noc(C)c1CC1=C2CC[C@H](O)[C@@]2(C)CCC1=O. The summed E-state index contributed by atoms with van der Waals surface area (Å²) in [6.07, 6.45) is 3.19. The minimum absolute atomic E-state index is 0.206. The van der Waals surface area contributed by atoms with Crippen molar-refractivity contribution in [3.8, 4) is 0 Å². The molecule has 4 heteroatoms. The molecule has 3 rings (SSSR count). The van der Waals surface area contributed by atoms with Crippen molar-refractivity contribution < 1.29 is 14.4 Å². The van der Waals surface area contributed by atoms with Gasteiger partial charge in [0.2, 0.25) is 0 Å². The molecule has 0 aromatic carbocycles. The Morgan fingerprint density at radius 2 is 2.15 bits per heavy atom. The van der Waals surface area contributed by atoms with Gasteiger partial charge in [-0.1, -0.05) is 17.7 Å². The minimum Gasteiger partial charge on any atom is -0.392 e. The molecule has 1 heterocycles. The molecule has 1 saturated carbocycles. The number of carbonyl (C=O) groups is 1. The number of aliphatic hydroxyl groups excluding tert-OH is 1. The second kappa shape index (κ2) is 4.55. The molecule has 0 aliphatic heterocycles. The Bertz CT molecular complexity index is 579. The Morgan fingerprint density at radius 3 is 2.80 bits per heavy atom. The van der Waals surface area contributed by atoms with Gasteiger partial charge in [0.1, 0.15) is 5.76 Å². The second-order valence-corrected chi connectivity index (χ2v) is 6.33. The first-order valence-electron chi connectivity index (χ1n) is 7.29. The molecule has 0 saturated heterocycles. The molecule has 2 aliphatic rings. The van der Waals surface area contributed by atoms with E-state index in [4.69, 9.17) is 4.52 Å². The van der Waals surface area contributed by atoms with E-state index in [1.807, 2.05) is 13.8 Å². The fourth-order valence-corrected chi connectivity index (χ4v) is 3.73. The molecular weight excluding hydrogens is 254 g/mol. The summed E-state index contributed by atoms with van der Waals surface area (Å²) in [5.74, 6) is 1.01. The van der Waals surface area contributed by atoms with Gasteiger partial charge in [0.15, 0.2) is 5.78 Å². The number of Topliss-reactive ketones (excluding diaryl/α,β-unsaturated/α-hetero) is 1. The predicted octanol–water partition coefficient (Wildman–Crippen LogP) is 2.65. The molecule has 108 valence electrons. The average molecular weight is 275 g/mol. The fraction of sp³-hybridized carbons (Fsp3) is 0.625. The van der Waals surface area contributed by atoms with E-state index >= 15 is 0 Å². The van der Waals surface area contributed by atoms with E-state index in [2.05, 4.69) is 12.1 Å². The number of nitrogens with zero attached hydrogens (tertiary/aromatic N) is 1. The van der Waals surface area contributed by atoms with Crippen molar-refractivity contribution in [3.63, 3.8) is 0 Å². The lowest BCUT2D eigenvalue weighted by Gasteiger charge is -2.35. The zero-order valence-corrected chi connectivity index (χ0v) is 12.3. The number of rotatable bonds is 2. The van der Waals surface area contributed by atoms with Crippen molar-refractivity contribution in [1.82, 2.24) is 5.16 Å². The molecule has 0 amide bonds. The van der Waals surface area contributed by atoms with Crippen molar-refractivity contribution in [3.05, 3.63) is 28.2 Å². The minimum atomic E-state index is -0.315. The van der Waals surface area contributed by atoms with Gasteiger partial charge in [0.25, 0.3) is 0 Å². The number of aliphatic hydroxyl groups is 1. The van der Waals surface area contributed by atoms with Crippen molar-refractivity contribution in [2.45, 2.75) is 59.0 Å². The zero-order chi connectivity index (χ0) is 14.5. The number of carbonyl (C=O) groups excluding carboxylic acids is 1. The van der Waals surface area contributed by atoms with E-state index in [1.54, 1.807) is 0 Å². The smallest absolute Gasteiger partial charge is 0.159 e. The number of hydrogen-bond donors (Lipinski definition) is 1. The van der Waals surface area contributed by atoms with Crippen LogP contribution in [0.25, 0.3) is 0 Å². The van der Waals surface area contributed by atoms with Gasteiger partial charge in [-0.2, -0.15) is 0 Å². The second-order valence-electron chi connectivity index (χ2n) is 6.33. The van der Waals surface area contributed by atoms with Gasteiger partial charge in [-0.15, -0.1) is 0 Å². The average Bonchev–Trinajstić information content (AvgIpc) is 2.88. The molecular formula is C16H21NO3. The molecule has 1 aromatic rings. The predicted molar refractivity (Wildman–Crippen MR) is 74.3 cm³/mol. The molecule has 4 nitrogen and oxygen atoms in total. The summed E-state index contributed by atoms with van der Waals surface area (Å²) in [5.41, 5.74) is 3.73. The summed E-state index contributed by atoms with van der Waals surface area (Å²) >= 11 is 0. The van der Waals surface area contributed by atoms with Gasteiger partial charge in [-0.25, -0.2) is 0 Å². The van der Waals surface area contributed by atoms with Crippen LogP contribution in [0.1, 0.15) is 49.6 Å². The van der Waals surface area contributed by atoms with Crippen LogP contribution in [-0.2, 0) is 11.2 Å². The summed E-state index contributed by atoms with van der Waals surface area (Å²) in [4.78, 5) is 12.3. The van der Waals surface area contributed by atoms with Crippen molar-refractivity contribution in [2.24, 2.45) is 5.41 Å². The van der Waals surface area contributed by atoms with Crippen LogP contribution < -0.4 is 0 Å². The van der Waals surface area contributed by atoms with Gasteiger partial charge < -0.3 is 9.63 Å². The number of aromatic nitrogens is 1. The van der Waals surface area contributed by atoms with E-state index in [0.717, 1.165) is 41.9 Å². The van der Waals surface area contributed by atoms with Crippen molar-refractivity contribution >= 4 is 5.78 Å². The third kappa shape index (κ3) is 1.85. The first-order chi connectivity index (χ1) is 9.43. The Hall–Kier alpha value is -1.42. The molecule has 2 atom stereocenters. The van der Waals surface area contributed by atoms with Crippen LogP contribution in [0.15, 0.2) is 15.7 Å². The van der Waals surface area contributed by atoms with E-state index in [9.17, 15) is 9.90 Å². The van der Waals surface area contributed by atoms with Gasteiger partial charge >= 0.3 is 0 Å². The van der Waals surface area contributed by atoms with Gasteiger partial charge in [-0.05, 0) is 38.7 Å². The maximum absolute atomic E-state index is 12.3. The van der Waals surface area contributed by atoms with Crippen LogP contribution in [0.3, 0.4) is 0 Å². The molecule has 0 bridgehead atoms. The molecule has 2 aliphatic carbocycles. The first kappa shape index (κ1) is 13.6. The van der Waals surface area contributed by atoms with E-state index in [-0.39, 0.29) is 17.3 Å². The Morgan fingerprint density at radius 1 is 1.40 bits per heavy atom. The first-order valence-corrected chi connectivity index (χ1v) is 7.29. The van der Waals surface area contributed by atoms with E-state index in [1.165, 1.54) is 5.57 Å². The lowest BCUT2D eigenvalue weighted by atomic mass is 9.70. The quantitative estimate of drug-likeness (QED) is 0.901. The number of aryl methyl sites for hydroxylation is 2. The largest absolute Gasteiger partial charge is 0.392 e. The third-order valence-corrected chi connectivity index (χ3v) is 5.20. The van der Waals surface area contributed by atoms with Gasteiger partial charge in [-0.3, -0.25) is 4.79 Å². The Kier molecular flexibility index (Phi) is 3.09. The maximum atomic E-state index is 12.3. The van der Waals surface area contributed by atoms with Crippen LogP contribution in [0.4, 0.5) is 0 Å². The van der Waals surface area contributed by atoms with Gasteiger partial charge in [0.05, 0.1) is 11.8 Å². The maximum Gasteiger partial charge on any atom is 0.159 e. The molecule has 1 N–H and O–H groups in total. The summed E-state index contributed by atoms with van der Waals surface area (Å²) < 4.78 is 5.20. The van der Waals surface area contributed by atoms with Crippen molar-refractivity contribution in [2.75, 3.05) is 0 Å². The summed E-state index contributed by atoms with van der Waals surface area (Å²) in [7, 11) is 0. The molecule has 1 aromatic heterocycles. The Labute approximate surface area is 118 Å². The summed E-state index contributed by atoms with van der Waals surface area (Å²) in [6, 6.07) is 0. The lowest BCUT2D eigenvalue weighted by Crippen LogP contribution is -2.34. The van der Waals surface area contributed by atoms with Crippen LogP contribution in [0, 0.1) is 19.3 Å². The highest BCUT2D eigenvalue weighted by Gasteiger charge is 2.46. The molecule has 0 spiro atoms. The summed E-state index contributed by atoms with van der Waals surface area (Å²) in [5, 5.41) is 14.2. The number of fused-ring (bicyclic) bond motifs is 1. The normalized spacial score (nSPS) is 30.0. The molecule has 0 radical (unpaired) electrons. The third-order valence-electron chi connectivity index (χ3n) is 5.20. The topological polar surface area (TPSA) is 63.3 Å². The molecule has 0 unspecified atom stereocenters.